The van der Waals surface area contributed by atoms with Crippen molar-refractivity contribution in [2.45, 2.75) is 20.3 Å². The number of aromatic nitrogens is 2. The molecule has 0 aliphatic heterocycles. The van der Waals surface area contributed by atoms with E-state index in [4.69, 9.17) is 12.2 Å². The van der Waals surface area contributed by atoms with E-state index in [0.29, 0.717) is 4.64 Å². The maximum atomic E-state index is 5.19. The van der Waals surface area contributed by atoms with Crippen LogP contribution < -0.4 is 0 Å². The summed E-state index contributed by atoms with van der Waals surface area (Å²) in [5.74, 6) is 0.902. The standard InChI is InChI=1S/C13H13BrN2S/c1-8-3-5-10(6-4-8)7-11-15-9(2)12(14)13(17)16-11/h3-6H,7H2,1-2H3,(H,15,16,17). The first-order valence-electron chi connectivity index (χ1n) is 5.37. The normalized spacial score (nSPS) is 10.5. The second-order valence-corrected chi connectivity index (χ2v) is 5.27. The molecule has 88 valence electrons. The van der Waals surface area contributed by atoms with Crippen LogP contribution in [0.25, 0.3) is 0 Å². The molecule has 2 nitrogen and oxygen atoms in total. The van der Waals surface area contributed by atoms with Gasteiger partial charge in [-0.15, -0.1) is 0 Å². The summed E-state index contributed by atoms with van der Waals surface area (Å²) in [6.45, 7) is 4.07. The fourth-order valence-corrected chi connectivity index (χ4v) is 2.07. The molecular formula is C13H13BrN2S. The van der Waals surface area contributed by atoms with Crippen LogP contribution in [0.1, 0.15) is 22.6 Å². The number of hydrogen-bond donors (Lipinski definition) is 1. The number of hydrogen-bond acceptors (Lipinski definition) is 2. The van der Waals surface area contributed by atoms with Crippen molar-refractivity contribution in [3.05, 3.63) is 56.0 Å². The molecule has 4 heteroatoms. The Labute approximate surface area is 114 Å². The highest BCUT2D eigenvalue weighted by molar-refractivity contribution is 9.10. The Balaban J connectivity index is 2.30. The van der Waals surface area contributed by atoms with Gasteiger partial charge in [0.25, 0.3) is 0 Å². The maximum absolute atomic E-state index is 5.19. The number of nitrogens with zero attached hydrogens (tertiary/aromatic N) is 1. The molecule has 0 bridgehead atoms. The molecule has 0 saturated heterocycles. The SMILES string of the molecule is Cc1ccc(Cc2nc(=S)c(Br)c(C)[nH]2)cc1. The summed E-state index contributed by atoms with van der Waals surface area (Å²) in [4.78, 5) is 7.62. The number of nitrogens with one attached hydrogen (secondary N) is 1. The number of benzene rings is 1. The summed E-state index contributed by atoms with van der Waals surface area (Å²) < 4.78 is 1.49. The minimum absolute atomic E-state index is 0.614. The zero-order valence-corrected chi connectivity index (χ0v) is 12.2. The topological polar surface area (TPSA) is 28.7 Å². The van der Waals surface area contributed by atoms with Crippen LogP contribution in [0.2, 0.25) is 0 Å². The Morgan fingerprint density at radius 2 is 1.88 bits per heavy atom. The lowest BCUT2D eigenvalue weighted by molar-refractivity contribution is 0.925. The molecule has 0 aliphatic carbocycles. The quantitative estimate of drug-likeness (QED) is 0.846. The van der Waals surface area contributed by atoms with E-state index in [-0.39, 0.29) is 0 Å². The average Bonchev–Trinajstić information content (AvgIpc) is 2.29. The van der Waals surface area contributed by atoms with Gasteiger partial charge in [0.1, 0.15) is 10.5 Å². The summed E-state index contributed by atoms with van der Waals surface area (Å²) in [5.41, 5.74) is 3.52. The Kier molecular flexibility index (Phi) is 3.74. The van der Waals surface area contributed by atoms with Gasteiger partial charge in [0.15, 0.2) is 0 Å². The van der Waals surface area contributed by atoms with Gasteiger partial charge in [-0.05, 0) is 35.3 Å². The molecule has 17 heavy (non-hydrogen) atoms. The minimum atomic E-state index is 0.614. The smallest absolute Gasteiger partial charge is 0.144 e. The van der Waals surface area contributed by atoms with Crippen LogP contribution in [0.5, 0.6) is 0 Å². The van der Waals surface area contributed by atoms with Gasteiger partial charge in [-0.3, -0.25) is 0 Å². The zero-order chi connectivity index (χ0) is 12.4. The van der Waals surface area contributed by atoms with Crippen molar-refractivity contribution in [1.29, 1.82) is 0 Å². The summed E-state index contributed by atoms with van der Waals surface area (Å²) in [6.07, 6.45) is 0.776. The van der Waals surface area contributed by atoms with Crippen molar-refractivity contribution < 1.29 is 0 Å². The first-order valence-corrected chi connectivity index (χ1v) is 6.57. The van der Waals surface area contributed by atoms with Gasteiger partial charge in [-0.1, -0.05) is 42.0 Å². The van der Waals surface area contributed by atoms with Crippen molar-refractivity contribution in [2.24, 2.45) is 0 Å². The first kappa shape index (κ1) is 12.5. The molecule has 0 unspecified atom stereocenters. The second kappa shape index (κ2) is 5.10. The molecule has 1 aromatic heterocycles. The molecule has 0 saturated carbocycles. The van der Waals surface area contributed by atoms with E-state index in [0.717, 1.165) is 22.4 Å². The largest absolute Gasteiger partial charge is 0.346 e. The predicted molar refractivity (Wildman–Crippen MR) is 75.8 cm³/mol. The number of halogens is 1. The Morgan fingerprint density at radius 3 is 2.47 bits per heavy atom. The highest BCUT2D eigenvalue weighted by atomic mass is 79.9. The predicted octanol–water partition coefficient (Wildman–Crippen LogP) is 4.11. The molecule has 0 radical (unpaired) electrons. The third-order valence-electron chi connectivity index (χ3n) is 2.58. The lowest BCUT2D eigenvalue weighted by atomic mass is 10.1. The van der Waals surface area contributed by atoms with Gasteiger partial charge >= 0.3 is 0 Å². The Bertz CT molecular complexity index is 587. The molecule has 1 aromatic carbocycles. The van der Waals surface area contributed by atoms with E-state index in [1.54, 1.807) is 0 Å². The first-order chi connectivity index (χ1) is 8.06. The van der Waals surface area contributed by atoms with Gasteiger partial charge in [0.05, 0.1) is 4.47 Å². The van der Waals surface area contributed by atoms with Crippen molar-refractivity contribution in [1.82, 2.24) is 9.97 Å². The molecule has 0 atom stereocenters. The van der Waals surface area contributed by atoms with Crippen LogP contribution in [0.4, 0.5) is 0 Å². The average molecular weight is 309 g/mol. The molecule has 2 aromatic rings. The van der Waals surface area contributed by atoms with E-state index in [1.165, 1.54) is 11.1 Å². The summed E-state index contributed by atoms with van der Waals surface area (Å²) in [5, 5.41) is 0. The van der Waals surface area contributed by atoms with Gasteiger partial charge < -0.3 is 4.98 Å². The third kappa shape index (κ3) is 3.01. The fraction of sp³-hybridized carbons (Fsp3) is 0.231. The van der Waals surface area contributed by atoms with Gasteiger partial charge in [-0.2, -0.15) is 0 Å². The Morgan fingerprint density at radius 1 is 1.24 bits per heavy atom. The molecule has 2 rings (SSSR count). The van der Waals surface area contributed by atoms with E-state index in [1.807, 2.05) is 6.92 Å². The fourth-order valence-electron chi connectivity index (χ4n) is 1.61. The molecule has 0 spiro atoms. The number of H-pyrrole nitrogens is 1. The van der Waals surface area contributed by atoms with Gasteiger partial charge in [0.2, 0.25) is 0 Å². The molecule has 0 amide bonds. The zero-order valence-electron chi connectivity index (χ0n) is 9.75. The van der Waals surface area contributed by atoms with E-state index in [9.17, 15) is 0 Å². The molecular weight excluding hydrogens is 296 g/mol. The van der Waals surface area contributed by atoms with Gasteiger partial charge in [-0.25, -0.2) is 4.98 Å². The van der Waals surface area contributed by atoms with Crippen LogP contribution in [-0.2, 0) is 6.42 Å². The maximum Gasteiger partial charge on any atom is 0.144 e. The van der Waals surface area contributed by atoms with Crippen molar-refractivity contribution >= 4 is 28.1 Å². The highest BCUT2D eigenvalue weighted by Crippen LogP contribution is 2.16. The van der Waals surface area contributed by atoms with Crippen LogP contribution in [0.3, 0.4) is 0 Å². The lowest BCUT2D eigenvalue weighted by Gasteiger charge is -2.05. The number of aromatic amines is 1. The summed E-state index contributed by atoms with van der Waals surface area (Å²) in [7, 11) is 0. The van der Waals surface area contributed by atoms with Crippen molar-refractivity contribution in [2.75, 3.05) is 0 Å². The van der Waals surface area contributed by atoms with E-state index in [2.05, 4.69) is 57.1 Å². The minimum Gasteiger partial charge on any atom is -0.346 e. The lowest BCUT2D eigenvalue weighted by Crippen LogP contribution is -2.00. The van der Waals surface area contributed by atoms with E-state index >= 15 is 0 Å². The second-order valence-electron chi connectivity index (χ2n) is 4.09. The Hall–Kier alpha value is -1.00. The van der Waals surface area contributed by atoms with Crippen LogP contribution in [0, 0.1) is 18.5 Å². The van der Waals surface area contributed by atoms with Crippen LogP contribution >= 0.6 is 28.1 Å². The molecule has 0 fully saturated rings. The van der Waals surface area contributed by atoms with Crippen LogP contribution in [-0.4, -0.2) is 9.97 Å². The summed E-state index contributed by atoms with van der Waals surface area (Å²) >= 11 is 8.60. The molecule has 1 N–H and O–H groups in total. The monoisotopic (exact) mass is 308 g/mol. The van der Waals surface area contributed by atoms with Crippen molar-refractivity contribution in [3.8, 4) is 0 Å². The van der Waals surface area contributed by atoms with Crippen LogP contribution in [0.15, 0.2) is 28.7 Å². The molecule has 1 heterocycles. The van der Waals surface area contributed by atoms with E-state index < -0.39 is 0 Å². The highest BCUT2D eigenvalue weighted by Gasteiger charge is 2.03. The molecule has 0 aliphatic rings. The van der Waals surface area contributed by atoms with Crippen molar-refractivity contribution in [3.63, 3.8) is 0 Å². The third-order valence-corrected chi connectivity index (χ3v) is 4.11. The number of aryl methyl sites for hydroxylation is 2. The number of rotatable bonds is 2. The summed E-state index contributed by atoms with van der Waals surface area (Å²) in [6, 6.07) is 8.45. The van der Waals surface area contributed by atoms with Gasteiger partial charge in [0, 0.05) is 12.1 Å².